The zero-order valence-corrected chi connectivity index (χ0v) is 16.3. The number of hydroxylamine groups is 1. The highest BCUT2D eigenvalue weighted by atomic mass is 16.7. The van der Waals surface area contributed by atoms with Crippen molar-refractivity contribution in [3.8, 4) is 11.1 Å². The molecule has 0 bridgehead atoms. The number of aliphatic hydroxyl groups is 1. The van der Waals surface area contributed by atoms with E-state index in [0.29, 0.717) is 16.7 Å². The maximum Gasteiger partial charge on any atom is 0.340 e. The van der Waals surface area contributed by atoms with Crippen molar-refractivity contribution in [2.24, 2.45) is 0 Å². The lowest BCUT2D eigenvalue weighted by molar-refractivity contribution is -0.133. The van der Waals surface area contributed by atoms with Gasteiger partial charge in [0.25, 0.3) is 0 Å². The van der Waals surface area contributed by atoms with Crippen LogP contribution in [0.4, 0.5) is 5.69 Å². The second-order valence-corrected chi connectivity index (χ2v) is 5.95. The summed E-state index contributed by atoms with van der Waals surface area (Å²) < 4.78 is 10.2. The van der Waals surface area contributed by atoms with Gasteiger partial charge in [-0.2, -0.15) is 0 Å². The van der Waals surface area contributed by atoms with Gasteiger partial charge in [-0.1, -0.05) is 24.3 Å². The quantitative estimate of drug-likeness (QED) is 0.323. The second-order valence-electron chi connectivity index (χ2n) is 5.95. The van der Waals surface area contributed by atoms with E-state index in [1.54, 1.807) is 38.1 Å². The third kappa shape index (κ3) is 5.21. The van der Waals surface area contributed by atoms with Crippen LogP contribution in [0, 0.1) is 0 Å². The molecule has 2 aliphatic carbocycles. The van der Waals surface area contributed by atoms with E-state index >= 15 is 0 Å². The molecule has 156 valence electrons. The zero-order valence-electron chi connectivity index (χ0n) is 16.3. The number of hydrogen-bond acceptors (Lipinski definition) is 8. The van der Waals surface area contributed by atoms with Crippen molar-refractivity contribution < 1.29 is 33.8 Å². The molecule has 0 spiro atoms. The van der Waals surface area contributed by atoms with E-state index in [1.807, 2.05) is 0 Å². The predicted molar refractivity (Wildman–Crippen MR) is 104 cm³/mol. The van der Waals surface area contributed by atoms with Crippen LogP contribution < -0.4 is 11.2 Å². The number of fused-ring (bicyclic) bond motifs is 1. The van der Waals surface area contributed by atoms with Crippen LogP contribution in [-0.4, -0.2) is 49.4 Å². The van der Waals surface area contributed by atoms with Crippen molar-refractivity contribution >= 4 is 23.5 Å². The van der Waals surface area contributed by atoms with E-state index in [9.17, 15) is 14.4 Å². The molecule has 0 aromatic carbocycles. The van der Waals surface area contributed by atoms with Crippen LogP contribution in [0.1, 0.15) is 40.1 Å². The second kappa shape index (κ2) is 10.4. The van der Waals surface area contributed by atoms with Gasteiger partial charge in [0.05, 0.1) is 49.7 Å². The molecular formula is C20H24N2O7. The van der Waals surface area contributed by atoms with Gasteiger partial charge in [0, 0.05) is 0 Å². The van der Waals surface area contributed by atoms with Crippen LogP contribution in [0.25, 0.3) is 11.1 Å². The Bertz CT molecular complexity index is 811. The number of esters is 2. The first-order chi connectivity index (χ1) is 13.9. The Balaban J connectivity index is 2.46. The van der Waals surface area contributed by atoms with Crippen LogP contribution >= 0.6 is 0 Å². The number of nitrogen functional groups attached to an aromatic ring is 1. The molecule has 0 saturated carbocycles. The molecule has 9 nitrogen and oxygen atoms in total. The summed E-state index contributed by atoms with van der Waals surface area (Å²) in [5.74, 6) is -1.71. The van der Waals surface area contributed by atoms with Gasteiger partial charge in [0.15, 0.2) is 0 Å². The average molecular weight is 404 g/mol. The van der Waals surface area contributed by atoms with Crippen molar-refractivity contribution in [3.63, 3.8) is 0 Å². The number of amides is 1. The molecule has 0 aromatic rings. The number of nitrogens with one attached hydrogen (secondary N) is 1. The summed E-state index contributed by atoms with van der Waals surface area (Å²) in [5.41, 5.74) is 9.94. The Labute approximate surface area is 168 Å². The molecule has 0 unspecified atom stereocenters. The molecule has 1 amide bonds. The minimum Gasteiger partial charge on any atom is -0.462 e. The molecular weight excluding hydrogens is 380 g/mol. The number of aliphatic hydroxyl groups excluding tert-OH is 1. The number of carbonyl (C=O) groups excluding carboxylic acids is 3. The lowest BCUT2D eigenvalue weighted by Crippen LogP contribution is -2.26. The molecule has 0 heterocycles. The minimum absolute atomic E-state index is 0.000188. The molecule has 0 saturated heterocycles. The lowest BCUT2D eigenvalue weighted by Gasteiger charge is -2.04. The molecule has 2 aliphatic rings. The fourth-order valence-electron chi connectivity index (χ4n) is 2.83. The number of hydrogen-bond donors (Lipinski definition) is 3. The minimum atomic E-state index is -0.645. The van der Waals surface area contributed by atoms with E-state index in [-0.39, 0.29) is 49.7 Å². The van der Waals surface area contributed by atoms with Crippen molar-refractivity contribution in [2.75, 3.05) is 32.2 Å². The van der Waals surface area contributed by atoms with Crippen molar-refractivity contribution in [1.29, 1.82) is 0 Å². The van der Waals surface area contributed by atoms with Gasteiger partial charge in [-0.25, -0.2) is 15.1 Å². The van der Waals surface area contributed by atoms with E-state index in [2.05, 4.69) is 5.48 Å². The van der Waals surface area contributed by atoms with Gasteiger partial charge >= 0.3 is 11.9 Å². The highest BCUT2D eigenvalue weighted by Crippen LogP contribution is 2.39. The van der Waals surface area contributed by atoms with Gasteiger partial charge in [0.2, 0.25) is 5.91 Å². The van der Waals surface area contributed by atoms with Crippen LogP contribution in [-0.2, 0) is 25.5 Å². The molecule has 0 aromatic heterocycles. The molecule has 9 heteroatoms. The summed E-state index contributed by atoms with van der Waals surface area (Å²) in [4.78, 5) is 41.6. The lowest BCUT2D eigenvalue weighted by atomic mass is 10.1. The highest BCUT2D eigenvalue weighted by molar-refractivity contribution is 6.15. The summed E-state index contributed by atoms with van der Waals surface area (Å²) in [7, 11) is 0. The van der Waals surface area contributed by atoms with Crippen molar-refractivity contribution in [3.05, 3.63) is 41.0 Å². The number of nitrogens with two attached hydrogens (primary N) is 1. The van der Waals surface area contributed by atoms with Gasteiger partial charge in [-0.05, 0) is 30.5 Å². The van der Waals surface area contributed by atoms with Crippen LogP contribution in [0.15, 0.2) is 24.3 Å². The maximum atomic E-state index is 12.4. The smallest absolute Gasteiger partial charge is 0.340 e. The maximum absolute atomic E-state index is 12.4. The molecule has 0 atom stereocenters. The third-order valence-electron chi connectivity index (χ3n) is 4.00. The zero-order chi connectivity index (χ0) is 21.4. The first-order valence-electron chi connectivity index (χ1n) is 9.14. The molecule has 2 rings (SSSR count). The van der Waals surface area contributed by atoms with Crippen LogP contribution in [0.3, 0.4) is 0 Å². The fraction of sp³-hybridized carbons (Fsp3) is 0.350. The van der Waals surface area contributed by atoms with E-state index < -0.39 is 17.8 Å². The molecule has 4 N–H and O–H groups in total. The Hall–Kier alpha value is -3.17. The van der Waals surface area contributed by atoms with Gasteiger partial charge in [0.1, 0.15) is 0 Å². The predicted octanol–water partition coefficient (Wildman–Crippen LogP) is 1.31. The Kier molecular flexibility index (Phi) is 7.93. The van der Waals surface area contributed by atoms with Gasteiger partial charge < -0.3 is 20.3 Å². The molecule has 0 aliphatic heterocycles. The average Bonchev–Trinajstić information content (AvgIpc) is 2.81. The largest absolute Gasteiger partial charge is 0.462 e. The summed E-state index contributed by atoms with van der Waals surface area (Å²) in [5, 5.41) is 8.67. The Morgan fingerprint density at radius 2 is 1.48 bits per heavy atom. The summed E-state index contributed by atoms with van der Waals surface area (Å²) in [6, 6.07) is 6.51. The van der Waals surface area contributed by atoms with Crippen molar-refractivity contribution in [1.82, 2.24) is 5.48 Å². The number of carbonyl (C=O) groups is 3. The van der Waals surface area contributed by atoms with E-state index in [4.69, 9.17) is 25.2 Å². The Morgan fingerprint density at radius 3 is 1.93 bits per heavy atom. The summed E-state index contributed by atoms with van der Waals surface area (Å²) in [6.45, 7) is 3.40. The van der Waals surface area contributed by atoms with E-state index in [1.165, 1.54) is 0 Å². The monoisotopic (exact) mass is 404 g/mol. The number of rotatable bonds is 9. The van der Waals surface area contributed by atoms with Crippen molar-refractivity contribution in [2.45, 2.75) is 20.3 Å². The van der Waals surface area contributed by atoms with Gasteiger partial charge in [-0.3, -0.25) is 9.63 Å². The topological polar surface area (TPSA) is 137 Å². The molecule has 0 radical (unpaired) electrons. The number of ether oxygens (including phenoxy) is 2. The Morgan fingerprint density at radius 1 is 0.966 bits per heavy atom. The third-order valence-corrected chi connectivity index (χ3v) is 4.00. The van der Waals surface area contributed by atoms with Crippen LogP contribution in [0.5, 0.6) is 0 Å². The first-order valence-corrected chi connectivity index (χ1v) is 9.14. The summed E-state index contributed by atoms with van der Waals surface area (Å²) in [6.07, 6.45) is -0.0122. The standard InChI is InChI=1S/C20H24N2O7/c1-3-27-19(25)16-13-7-5-12(11-15(24)22-29-10-9-23)6-8-14(13)17(18(16)21)20(26)28-4-2/h5-8,23H,3-4,9-11,21H2,1-2H3,(H,22,24). The van der Waals surface area contributed by atoms with Crippen LogP contribution in [0.2, 0.25) is 0 Å². The fourth-order valence-corrected chi connectivity index (χ4v) is 2.83. The highest BCUT2D eigenvalue weighted by Gasteiger charge is 2.30. The summed E-state index contributed by atoms with van der Waals surface area (Å²) >= 11 is 0. The normalized spacial score (nSPS) is 10.6. The van der Waals surface area contributed by atoms with E-state index in [0.717, 1.165) is 0 Å². The molecule has 0 fully saturated rings. The number of anilines is 1. The first kappa shape index (κ1) is 22.1. The van der Waals surface area contributed by atoms with Gasteiger partial charge in [-0.15, -0.1) is 0 Å². The SMILES string of the molecule is CCOC(=O)c1c2ccc(CC(=O)NOCCO)ccc-2c(C(=O)OCC)c1N. The molecule has 29 heavy (non-hydrogen) atoms.